The van der Waals surface area contributed by atoms with E-state index in [1.165, 1.54) is 29.7 Å². The van der Waals surface area contributed by atoms with Gasteiger partial charge in [0.2, 0.25) is 4.80 Å². The first-order valence-corrected chi connectivity index (χ1v) is 12.4. The highest BCUT2D eigenvalue weighted by Gasteiger charge is 2.25. The summed E-state index contributed by atoms with van der Waals surface area (Å²) in [7, 11) is 0. The van der Waals surface area contributed by atoms with Gasteiger partial charge in [-0.2, -0.15) is 9.72 Å². The van der Waals surface area contributed by atoms with E-state index in [4.69, 9.17) is 11.6 Å². The molecular weight excluding hydrogens is 507 g/mol. The largest absolute Gasteiger partial charge is 0.426 e. The van der Waals surface area contributed by atoms with E-state index in [2.05, 4.69) is 25.2 Å². The lowest BCUT2D eigenvalue weighted by Crippen LogP contribution is -2.48. The predicted molar refractivity (Wildman–Crippen MR) is 131 cm³/mol. The van der Waals surface area contributed by atoms with Crippen LogP contribution in [0.25, 0.3) is 0 Å². The van der Waals surface area contributed by atoms with Crippen molar-refractivity contribution in [1.82, 2.24) is 34.5 Å². The molecule has 4 heterocycles. The highest BCUT2D eigenvalue weighted by molar-refractivity contribution is 7.07. The highest BCUT2D eigenvalue weighted by atomic mass is 35.5. The fraction of sp³-hybridized carbons (Fsp3) is 0.261. The predicted octanol–water partition coefficient (Wildman–Crippen LogP) is 2.80. The summed E-state index contributed by atoms with van der Waals surface area (Å²) in [5, 5.41) is 19.5. The SMILES string of the molecule is O=C(c1cccc(Cl)c1F)N1CCN(Cc2cc(Cn3ccnn3)cc(/N=c3\sccn3O)n2)CC1. The number of nitrogens with zero attached hydrogens (tertiary/aromatic N) is 8. The molecule has 1 saturated heterocycles. The molecule has 1 aliphatic heterocycles. The summed E-state index contributed by atoms with van der Waals surface area (Å²) in [6.45, 7) is 3.18. The van der Waals surface area contributed by atoms with Crippen LogP contribution in [0, 0.1) is 5.82 Å². The lowest BCUT2D eigenvalue weighted by Gasteiger charge is -2.34. The van der Waals surface area contributed by atoms with Gasteiger partial charge >= 0.3 is 0 Å². The molecule has 186 valence electrons. The van der Waals surface area contributed by atoms with Crippen LogP contribution in [0.3, 0.4) is 0 Å². The van der Waals surface area contributed by atoms with Gasteiger partial charge in [0.1, 0.15) is 0 Å². The minimum Gasteiger partial charge on any atom is -0.426 e. The van der Waals surface area contributed by atoms with Crippen LogP contribution >= 0.6 is 22.9 Å². The number of carbonyl (C=O) groups is 1. The van der Waals surface area contributed by atoms with Gasteiger partial charge in [0.25, 0.3) is 5.91 Å². The van der Waals surface area contributed by atoms with E-state index in [0.717, 1.165) is 16.0 Å². The van der Waals surface area contributed by atoms with Crippen LogP contribution in [0.1, 0.15) is 21.6 Å². The second kappa shape index (κ2) is 10.6. The lowest BCUT2D eigenvalue weighted by atomic mass is 10.1. The van der Waals surface area contributed by atoms with Crippen LogP contribution in [0.2, 0.25) is 5.02 Å². The second-order valence-corrected chi connectivity index (χ2v) is 9.52. The molecule has 36 heavy (non-hydrogen) atoms. The minimum atomic E-state index is -0.689. The van der Waals surface area contributed by atoms with Crippen molar-refractivity contribution in [2.24, 2.45) is 4.99 Å². The standard InChI is InChI=1S/C23H22ClFN8O2S/c24-19-3-1-2-18(21(19)25)22(34)31-8-6-30(7-9-31)15-17-12-16(14-32-5-4-26-29-32)13-20(27-17)28-23-33(35)10-11-36-23/h1-5,10-13,35H,6-9,14-15H2/b28-23-. The van der Waals surface area contributed by atoms with E-state index in [-0.39, 0.29) is 16.5 Å². The van der Waals surface area contributed by atoms with Crippen LogP contribution in [0.5, 0.6) is 0 Å². The molecule has 0 unspecified atom stereocenters. The van der Waals surface area contributed by atoms with Crippen LogP contribution in [-0.2, 0) is 13.1 Å². The summed E-state index contributed by atoms with van der Waals surface area (Å²) in [6.07, 6.45) is 4.90. The molecule has 13 heteroatoms. The van der Waals surface area contributed by atoms with Crippen molar-refractivity contribution in [2.45, 2.75) is 13.1 Å². The first kappa shape index (κ1) is 24.1. The number of hydrogen-bond donors (Lipinski definition) is 1. The Morgan fingerprint density at radius 3 is 2.72 bits per heavy atom. The number of thiazole rings is 1. The van der Waals surface area contributed by atoms with Gasteiger partial charge in [0.15, 0.2) is 11.6 Å². The molecule has 1 aliphatic rings. The van der Waals surface area contributed by atoms with E-state index >= 15 is 0 Å². The molecule has 0 saturated carbocycles. The Bertz CT molecular complexity index is 1430. The second-order valence-electron chi connectivity index (χ2n) is 8.24. The third-order valence-corrected chi connectivity index (χ3v) is 6.79. The normalized spacial score (nSPS) is 14.9. The van der Waals surface area contributed by atoms with E-state index in [1.54, 1.807) is 33.4 Å². The maximum atomic E-state index is 14.3. The monoisotopic (exact) mass is 528 g/mol. The number of pyridine rings is 1. The molecule has 0 radical (unpaired) electrons. The van der Waals surface area contributed by atoms with E-state index in [9.17, 15) is 14.4 Å². The molecule has 3 aromatic heterocycles. The van der Waals surface area contributed by atoms with Gasteiger partial charge in [-0.3, -0.25) is 9.69 Å². The Hall–Kier alpha value is -3.61. The molecule has 0 bridgehead atoms. The summed E-state index contributed by atoms with van der Waals surface area (Å²) < 4.78 is 17.0. The number of halogens is 2. The van der Waals surface area contributed by atoms with E-state index in [1.807, 2.05) is 12.1 Å². The molecule has 1 aromatic carbocycles. The number of piperazine rings is 1. The van der Waals surface area contributed by atoms with Gasteiger partial charge in [0.05, 0.1) is 35.2 Å². The van der Waals surface area contributed by atoms with Crippen molar-refractivity contribution >= 4 is 34.7 Å². The Balaban J connectivity index is 1.31. The van der Waals surface area contributed by atoms with Gasteiger partial charge in [-0.25, -0.2) is 14.1 Å². The average molecular weight is 529 g/mol. The molecule has 4 aromatic rings. The minimum absolute atomic E-state index is 0.0145. The maximum absolute atomic E-state index is 14.3. The van der Waals surface area contributed by atoms with Crippen molar-refractivity contribution in [1.29, 1.82) is 0 Å². The van der Waals surface area contributed by atoms with Crippen LogP contribution in [0.15, 0.2) is 59.3 Å². The number of hydrogen-bond acceptors (Lipinski definition) is 8. The molecule has 0 atom stereocenters. The Morgan fingerprint density at radius 2 is 2.00 bits per heavy atom. The zero-order valence-corrected chi connectivity index (χ0v) is 20.6. The Kier molecular flexibility index (Phi) is 7.07. The van der Waals surface area contributed by atoms with E-state index < -0.39 is 5.82 Å². The first-order valence-electron chi connectivity index (χ1n) is 11.2. The summed E-state index contributed by atoms with van der Waals surface area (Å²) in [6, 6.07) is 8.29. The zero-order valence-electron chi connectivity index (χ0n) is 19.0. The smallest absolute Gasteiger partial charge is 0.256 e. The van der Waals surface area contributed by atoms with E-state index in [0.29, 0.717) is 49.9 Å². The Morgan fingerprint density at radius 1 is 1.17 bits per heavy atom. The van der Waals surface area contributed by atoms with Gasteiger partial charge in [-0.1, -0.05) is 22.9 Å². The first-order chi connectivity index (χ1) is 17.5. The third-order valence-electron chi connectivity index (χ3n) is 5.75. The van der Waals surface area contributed by atoms with Crippen LogP contribution < -0.4 is 4.80 Å². The van der Waals surface area contributed by atoms with Crippen molar-refractivity contribution in [3.8, 4) is 0 Å². The molecule has 0 spiro atoms. The molecular formula is C23H22ClFN8O2S. The molecule has 1 amide bonds. The molecule has 5 rings (SSSR count). The van der Waals surface area contributed by atoms with Gasteiger partial charge in [0, 0.05) is 44.3 Å². The number of carbonyl (C=O) groups excluding carboxylic acids is 1. The van der Waals surface area contributed by atoms with Crippen LogP contribution in [-0.4, -0.2) is 71.8 Å². The van der Waals surface area contributed by atoms with Gasteiger partial charge in [-0.15, -0.1) is 16.4 Å². The zero-order chi connectivity index (χ0) is 25.1. The lowest BCUT2D eigenvalue weighted by molar-refractivity contribution is 0.0622. The molecule has 1 N–H and O–H groups in total. The number of aromatic nitrogens is 5. The van der Waals surface area contributed by atoms with Crippen molar-refractivity contribution in [3.63, 3.8) is 0 Å². The molecule has 0 aliphatic carbocycles. The number of rotatable bonds is 6. The third kappa shape index (κ3) is 5.45. The summed E-state index contributed by atoms with van der Waals surface area (Å²) >= 11 is 7.14. The maximum Gasteiger partial charge on any atom is 0.256 e. The van der Waals surface area contributed by atoms with Crippen molar-refractivity contribution in [3.05, 3.63) is 86.8 Å². The fourth-order valence-electron chi connectivity index (χ4n) is 3.99. The summed E-state index contributed by atoms with van der Waals surface area (Å²) in [5.41, 5.74) is 1.72. The number of benzene rings is 1. The quantitative estimate of drug-likeness (QED) is 0.386. The average Bonchev–Trinajstić information content (AvgIpc) is 3.52. The Labute approximate surface area is 214 Å². The van der Waals surface area contributed by atoms with Crippen LogP contribution in [0.4, 0.5) is 10.2 Å². The number of amides is 1. The van der Waals surface area contributed by atoms with Gasteiger partial charge in [-0.05, 0) is 29.8 Å². The fourth-order valence-corrected chi connectivity index (χ4v) is 4.77. The topological polar surface area (TPSA) is 105 Å². The van der Waals surface area contributed by atoms with Crippen molar-refractivity contribution < 1.29 is 14.4 Å². The van der Waals surface area contributed by atoms with Crippen molar-refractivity contribution in [2.75, 3.05) is 26.2 Å². The molecule has 10 nitrogen and oxygen atoms in total. The summed E-state index contributed by atoms with van der Waals surface area (Å²) in [4.78, 5) is 26.2. The highest BCUT2D eigenvalue weighted by Crippen LogP contribution is 2.21. The molecule has 1 fully saturated rings. The summed E-state index contributed by atoms with van der Waals surface area (Å²) in [5.74, 6) is -0.582. The van der Waals surface area contributed by atoms with Gasteiger partial charge < -0.3 is 10.1 Å².